The molecule has 0 aliphatic rings. The third-order valence-electron chi connectivity index (χ3n) is 3.11. The number of hydrogen-bond acceptors (Lipinski definition) is 3. The highest BCUT2D eigenvalue weighted by molar-refractivity contribution is 5.74. The summed E-state index contributed by atoms with van der Waals surface area (Å²) in [5, 5.41) is 14.6. The van der Waals surface area contributed by atoms with Gasteiger partial charge in [-0.25, -0.2) is 4.79 Å². The number of carbonyl (C=O) groups is 1. The Morgan fingerprint density at radius 2 is 2.00 bits per heavy atom. The Bertz CT molecular complexity index is 435. The number of aliphatic hydroxyl groups excluding tert-OH is 1. The molecule has 1 aromatic rings. The average Bonchev–Trinajstić information content (AvgIpc) is 2.82. The van der Waals surface area contributed by atoms with Crippen LogP contribution in [0.1, 0.15) is 52.2 Å². The molecular formula is C15H26N2O3. The van der Waals surface area contributed by atoms with Crippen LogP contribution in [0.25, 0.3) is 0 Å². The number of aliphatic hydroxyl groups is 1. The van der Waals surface area contributed by atoms with Gasteiger partial charge in [0, 0.05) is 6.42 Å². The Morgan fingerprint density at radius 3 is 2.45 bits per heavy atom. The molecule has 0 saturated carbocycles. The zero-order valence-corrected chi connectivity index (χ0v) is 13.0. The predicted octanol–water partition coefficient (Wildman–Crippen LogP) is 2.61. The summed E-state index contributed by atoms with van der Waals surface area (Å²) in [6.45, 7) is 9.81. The van der Waals surface area contributed by atoms with Crippen molar-refractivity contribution in [1.29, 1.82) is 0 Å². The van der Waals surface area contributed by atoms with E-state index in [4.69, 9.17) is 9.52 Å². The van der Waals surface area contributed by atoms with Crippen molar-refractivity contribution in [2.75, 3.05) is 6.61 Å². The van der Waals surface area contributed by atoms with Crippen LogP contribution in [0.15, 0.2) is 16.5 Å². The smallest absolute Gasteiger partial charge is 0.315 e. The average molecular weight is 282 g/mol. The first-order chi connectivity index (χ1) is 9.27. The van der Waals surface area contributed by atoms with Gasteiger partial charge in [0.1, 0.15) is 11.5 Å². The molecule has 2 unspecified atom stereocenters. The van der Waals surface area contributed by atoms with E-state index in [0.29, 0.717) is 0 Å². The van der Waals surface area contributed by atoms with Gasteiger partial charge in [0.05, 0.1) is 18.7 Å². The van der Waals surface area contributed by atoms with E-state index in [-0.39, 0.29) is 30.1 Å². The fourth-order valence-corrected chi connectivity index (χ4v) is 1.90. The lowest BCUT2D eigenvalue weighted by molar-refractivity contribution is 0.195. The largest absolute Gasteiger partial charge is 0.464 e. The zero-order chi connectivity index (χ0) is 15.3. The molecule has 114 valence electrons. The molecule has 0 bridgehead atoms. The van der Waals surface area contributed by atoms with Gasteiger partial charge >= 0.3 is 6.03 Å². The van der Waals surface area contributed by atoms with E-state index in [1.807, 2.05) is 39.8 Å². The minimum atomic E-state index is -0.305. The van der Waals surface area contributed by atoms with E-state index in [1.165, 1.54) is 0 Å². The van der Waals surface area contributed by atoms with E-state index in [1.54, 1.807) is 6.92 Å². The molecule has 5 heteroatoms. The minimum absolute atomic E-state index is 0.0889. The fraction of sp³-hybridized carbons (Fsp3) is 0.667. The predicted molar refractivity (Wildman–Crippen MR) is 78.5 cm³/mol. The fourth-order valence-electron chi connectivity index (χ4n) is 1.90. The van der Waals surface area contributed by atoms with Crippen molar-refractivity contribution in [3.63, 3.8) is 0 Å². The molecule has 0 aromatic carbocycles. The Labute approximate surface area is 120 Å². The van der Waals surface area contributed by atoms with Crippen molar-refractivity contribution < 1.29 is 14.3 Å². The first-order valence-corrected chi connectivity index (χ1v) is 7.04. The third kappa shape index (κ3) is 4.56. The van der Waals surface area contributed by atoms with Crippen molar-refractivity contribution in [2.24, 2.45) is 5.41 Å². The highest BCUT2D eigenvalue weighted by Crippen LogP contribution is 2.33. The quantitative estimate of drug-likeness (QED) is 0.777. The SMILES string of the molecule is CCc1ccc(C(NC(=O)NC(C)CO)C(C)(C)C)o1. The lowest BCUT2D eigenvalue weighted by atomic mass is 9.85. The van der Waals surface area contributed by atoms with Crippen molar-refractivity contribution >= 4 is 6.03 Å². The van der Waals surface area contributed by atoms with Crippen molar-refractivity contribution in [1.82, 2.24) is 10.6 Å². The van der Waals surface area contributed by atoms with Gasteiger partial charge in [-0.15, -0.1) is 0 Å². The number of carbonyl (C=O) groups excluding carboxylic acids is 1. The van der Waals surface area contributed by atoms with Gasteiger partial charge in [0.15, 0.2) is 0 Å². The number of aryl methyl sites for hydroxylation is 1. The Hall–Kier alpha value is -1.49. The second kappa shape index (κ2) is 6.79. The number of nitrogens with one attached hydrogen (secondary N) is 2. The van der Waals surface area contributed by atoms with E-state index in [9.17, 15) is 4.79 Å². The maximum Gasteiger partial charge on any atom is 0.315 e. The molecule has 20 heavy (non-hydrogen) atoms. The second-order valence-corrected chi connectivity index (χ2v) is 6.16. The molecular weight excluding hydrogens is 256 g/mol. The van der Waals surface area contributed by atoms with Gasteiger partial charge in [-0.1, -0.05) is 27.7 Å². The summed E-state index contributed by atoms with van der Waals surface area (Å²) in [5.41, 5.74) is -0.178. The number of hydrogen-bond donors (Lipinski definition) is 3. The zero-order valence-electron chi connectivity index (χ0n) is 13.0. The molecule has 1 aromatic heterocycles. The summed E-state index contributed by atoms with van der Waals surface area (Å²) < 4.78 is 5.76. The van der Waals surface area contributed by atoms with Crippen LogP contribution >= 0.6 is 0 Å². The van der Waals surface area contributed by atoms with Gasteiger partial charge in [-0.05, 0) is 24.5 Å². The maximum absolute atomic E-state index is 11.9. The summed E-state index contributed by atoms with van der Waals surface area (Å²) in [6.07, 6.45) is 0.824. The number of urea groups is 1. The first-order valence-electron chi connectivity index (χ1n) is 7.04. The number of amides is 2. The van der Waals surface area contributed by atoms with E-state index >= 15 is 0 Å². The van der Waals surface area contributed by atoms with Crippen molar-refractivity contribution in [3.8, 4) is 0 Å². The molecule has 0 saturated heterocycles. The first kappa shape index (κ1) is 16.6. The second-order valence-electron chi connectivity index (χ2n) is 6.16. The van der Waals surface area contributed by atoms with Crippen molar-refractivity contribution in [2.45, 2.75) is 53.1 Å². The van der Waals surface area contributed by atoms with Crippen LogP contribution in [-0.2, 0) is 6.42 Å². The highest BCUT2D eigenvalue weighted by atomic mass is 16.3. The van der Waals surface area contributed by atoms with Crippen molar-refractivity contribution in [3.05, 3.63) is 23.7 Å². The summed E-state index contributed by atoms with van der Waals surface area (Å²) in [4.78, 5) is 11.9. The van der Waals surface area contributed by atoms with Crippen LogP contribution in [-0.4, -0.2) is 23.8 Å². The monoisotopic (exact) mass is 282 g/mol. The van der Waals surface area contributed by atoms with Gasteiger partial charge in [0.25, 0.3) is 0 Å². The molecule has 1 rings (SSSR count). The van der Waals surface area contributed by atoms with Gasteiger partial charge in [-0.2, -0.15) is 0 Å². The summed E-state index contributed by atoms with van der Waals surface area (Å²) >= 11 is 0. The molecule has 0 aliphatic carbocycles. The van der Waals surface area contributed by atoms with Gasteiger partial charge in [-0.3, -0.25) is 0 Å². The highest BCUT2D eigenvalue weighted by Gasteiger charge is 2.30. The normalized spacial score (nSPS) is 14.7. The molecule has 2 amide bonds. The van der Waals surface area contributed by atoms with Crippen LogP contribution in [0.4, 0.5) is 4.79 Å². The molecule has 2 atom stereocenters. The molecule has 5 nitrogen and oxygen atoms in total. The molecule has 1 heterocycles. The summed E-state index contributed by atoms with van der Waals surface area (Å²) in [7, 11) is 0. The Balaban J connectivity index is 2.83. The summed E-state index contributed by atoms with van der Waals surface area (Å²) in [6, 6.07) is 3.03. The lowest BCUT2D eigenvalue weighted by Gasteiger charge is -2.30. The van der Waals surface area contributed by atoms with Crippen LogP contribution in [0.5, 0.6) is 0 Å². The van der Waals surface area contributed by atoms with E-state index in [0.717, 1.165) is 17.9 Å². The molecule has 0 fully saturated rings. The van der Waals surface area contributed by atoms with Crippen LogP contribution in [0.2, 0.25) is 0 Å². The van der Waals surface area contributed by atoms with Gasteiger partial charge < -0.3 is 20.2 Å². The molecule has 3 N–H and O–H groups in total. The van der Waals surface area contributed by atoms with E-state index < -0.39 is 0 Å². The Kier molecular flexibility index (Phi) is 5.62. The molecule has 0 spiro atoms. The number of furan rings is 1. The molecule has 0 radical (unpaired) electrons. The topological polar surface area (TPSA) is 74.5 Å². The minimum Gasteiger partial charge on any atom is -0.464 e. The third-order valence-corrected chi connectivity index (χ3v) is 3.11. The Morgan fingerprint density at radius 1 is 1.35 bits per heavy atom. The molecule has 0 aliphatic heterocycles. The number of rotatable bonds is 5. The summed E-state index contributed by atoms with van der Waals surface area (Å²) in [5.74, 6) is 1.65. The van der Waals surface area contributed by atoms with Crippen LogP contribution in [0.3, 0.4) is 0 Å². The maximum atomic E-state index is 11.9. The standard InChI is InChI=1S/C15H26N2O3/c1-6-11-7-8-12(20-11)13(15(3,4)5)17-14(19)16-10(2)9-18/h7-8,10,13,18H,6,9H2,1-5H3,(H2,16,17,19). The van der Waals surface area contributed by atoms with E-state index in [2.05, 4.69) is 10.6 Å². The van der Waals surface area contributed by atoms with Crippen LogP contribution in [0, 0.1) is 5.41 Å². The van der Waals surface area contributed by atoms with Crippen LogP contribution < -0.4 is 10.6 Å². The lowest BCUT2D eigenvalue weighted by Crippen LogP contribution is -2.46. The van der Waals surface area contributed by atoms with Gasteiger partial charge in [0.2, 0.25) is 0 Å².